The summed E-state index contributed by atoms with van der Waals surface area (Å²) in [6.07, 6.45) is 1.98. The number of fused-ring (bicyclic) bond motifs is 1. The zero-order chi connectivity index (χ0) is 15.3. The molecule has 0 amide bonds. The van der Waals surface area contributed by atoms with Crippen LogP contribution in [0.2, 0.25) is 0 Å². The molecule has 2 aromatic rings. The number of nitrogens with one attached hydrogen (secondary N) is 1. The summed E-state index contributed by atoms with van der Waals surface area (Å²) < 4.78 is 5.67. The predicted octanol–water partition coefficient (Wildman–Crippen LogP) is 3.57. The molecule has 1 heterocycles. The van der Waals surface area contributed by atoms with E-state index in [2.05, 4.69) is 50.4 Å². The SMILES string of the molecule is CCCNC(Cc1ccc2ccccc2n1)C(C)(C)OC. The quantitative estimate of drug-likeness (QED) is 0.845. The van der Waals surface area contributed by atoms with Crippen LogP contribution in [0.4, 0.5) is 0 Å². The molecule has 0 fully saturated rings. The van der Waals surface area contributed by atoms with E-state index in [1.165, 1.54) is 5.39 Å². The molecule has 1 aromatic heterocycles. The molecule has 3 heteroatoms. The zero-order valence-electron chi connectivity index (χ0n) is 13.5. The third-order valence-electron chi connectivity index (χ3n) is 4.08. The summed E-state index contributed by atoms with van der Waals surface area (Å²) in [5.41, 5.74) is 1.94. The van der Waals surface area contributed by atoms with Crippen LogP contribution in [0.5, 0.6) is 0 Å². The average molecular weight is 286 g/mol. The Hall–Kier alpha value is -1.45. The van der Waals surface area contributed by atoms with Crippen molar-refractivity contribution in [2.75, 3.05) is 13.7 Å². The lowest BCUT2D eigenvalue weighted by atomic mass is 9.93. The molecule has 0 aliphatic carbocycles. The predicted molar refractivity (Wildman–Crippen MR) is 88.6 cm³/mol. The van der Waals surface area contributed by atoms with Gasteiger partial charge in [-0.3, -0.25) is 4.98 Å². The fourth-order valence-electron chi connectivity index (χ4n) is 2.46. The first kappa shape index (κ1) is 15.9. The highest BCUT2D eigenvalue weighted by Gasteiger charge is 2.29. The topological polar surface area (TPSA) is 34.2 Å². The maximum Gasteiger partial charge on any atom is 0.0778 e. The first-order valence-corrected chi connectivity index (χ1v) is 7.70. The van der Waals surface area contributed by atoms with Crippen LogP contribution in [0.3, 0.4) is 0 Å². The maximum absolute atomic E-state index is 5.67. The summed E-state index contributed by atoms with van der Waals surface area (Å²) in [4.78, 5) is 4.78. The number of pyridine rings is 1. The van der Waals surface area contributed by atoms with E-state index in [4.69, 9.17) is 9.72 Å². The van der Waals surface area contributed by atoms with Gasteiger partial charge in [0.1, 0.15) is 0 Å². The van der Waals surface area contributed by atoms with Crippen molar-refractivity contribution in [1.82, 2.24) is 10.3 Å². The van der Waals surface area contributed by atoms with E-state index in [-0.39, 0.29) is 11.6 Å². The number of rotatable bonds is 7. The van der Waals surface area contributed by atoms with Crippen molar-refractivity contribution in [2.24, 2.45) is 0 Å². The number of nitrogens with zero attached hydrogens (tertiary/aromatic N) is 1. The molecule has 1 aromatic carbocycles. The Morgan fingerprint density at radius 3 is 2.67 bits per heavy atom. The second-order valence-corrected chi connectivity index (χ2v) is 6.01. The smallest absolute Gasteiger partial charge is 0.0778 e. The largest absolute Gasteiger partial charge is 0.377 e. The van der Waals surface area contributed by atoms with Crippen molar-refractivity contribution in [3.63, 3.8) is 0 Å². The molecule has 21 heavy (non-hydrogen) atoms. The number of para-hydroxylation sites is 1. The van der Waals surface area contributed by atoms with Gasteiger partial charge in [0, 0.05) is 30.7 Å². The Labute approximate surface area is 127 Å². The molecular weight excluding hydrogens is 260 g/mol. The Balaban J connectivity index is 2.21. The van der Waals surface area contributed by atoms with Crippen molar-refractivity contribution in [1.29, 1.82) is 0 Å². The van der Waals surface area contributed by atoms with Gasteiger partial charge in [-0.25, -0.2) is 0 Å². The monoisotopic (exact) mass is 286 g/mol. The van der Waals surface area contributed by atoms with Crippen molar-refractivity contribution in [3.8, 4) is 0 Å². The van der Waals surface area contributed by atoms with Gasteiger partial charge in [-0.2, -0.15) is 0 Å². The summed E-state index contributed by atoms with van der Waals surface area (Å²) in [5.74, 6) is 0. The molecule has 3 nitrogen and oxygen atoms in total. The van der Waals surface area contributed by atoms with Crippen molar-refractivity contribution >= 4 is 10.9 Å². The Morgan fingerprint density at radius 1 is 1.19 bits per heavy atom. The average Bonchev–Trinajstić information content (AvgIpc) is 2.51. The fraction of sp³-hybridized carbons (Fsp3) is 0.500. The van der Waals surface area contributed by atoms with Crippen LogP contribution in [-0.4, -0.2) is 30.3 Å². The van der Waals surface area contributed by atoms with E-state index in [0.29, 0.717) is 0 Å². The molecule has 0 aliphatic heterocycles. The molecule has 0 radical (unpaired) electrons. The highest BCUT2D eigenvalue weighted by Crippen LogP contribution is 2.19. The van der Waals surface area contributed by atoms with Crippen LogP contribution < -0.4 is 5.32 Å². The summed E-state index contributed by atoms with van der Waals surface area (Å²) >= 11 is 0. The van der Waals surface area contributed by atoms with E-state index in [9.17, 15) is 0 Å². The molecule has 0 saturated carbocycles. The third-order valence-corrected chi connectivity index (χ3v) is 4.08. The lowest BCUT2D eigenvalue weighted by molar-refractivity contribution is -0.0102. The summed E-state index contributed by atoms with van der Waals surface area (Å²) in [7, 11) is 1.77. The molecule has 0 aliphatic rings. The van der Waals surface area contributed by atoms with Crippen LogP contribution >= 0.6 is 0 Å². The minimum Gasteiger partial charge on any atom is -0.377 e. The van der Waals surface area contributed by atoms with Crippen molar-refractivity contribution in [3.05, 3.63) is 42.1 Å². The Morgan fingerprint density at radius 2 is 1.95 bits per heavy atom. The van der Waals surface area contributed by atoms with Crippen LogP contribution in [0.1, 0.15) is 32.9 Å². The first-order chi connectivity index (χ1) is 10.1. The van der Waals surface area contributed by atoms with E-state index in [0.717, 1.165) is 30.6 Å². The highest BCUT2D eigenvalue weighted by molar-refractivity contribution is 5.78. The number of hydrogen-bond acceptors (Lipinski definition) is 3. The van der Waals surface area contributed by atoms with Crippen LogP contribution in [0.15, 0.2) is 36.4 Å². The molecule has 0 saturated heterocycles. The minimum atomic E-state index is -0.220. The molecule has 2 rings (SSSR count). The highest BCUT2D eigenvalue weighted by atomic mass is 16.5. The van der Waals surface area contributed by atoms with Crippen LogP contribution in [-0.2, 0) is 11.2 Å². The second kappa shape index (κ2) is 7.01. The van der Waals surface area contributed by atoms with Gasteiger partial charge in [0.15, 0.2) is 0 Å². The van der Waals surface area contributed by atoms with Crippen LogP contribution in [0.25, 0.3) is 10.9 Å². The van der Waals surface area contributed by atoms with Gasteiger partial charge in [-0.05, 0) is 38.9 Å². The zero-order valence-corrected chi connectivity index (χ0v) is 13.5. The molecule has 0 bridgehead atoms. The van der Waals surface area contributed by atoms with E-state index < -0.39 is 0 Å². The van der Waals surface area contributed by atoms with Gasteiger partial charge in [-0.15, -0.1) is 0 Å². The molecule has 114 valence electrons. The Kier molecular flexibility index (Phi) is 5.32. The van der Waals surface area contributed by atoms with Gasteiger partial charge in [-0.1, -0.05) is 31.2 Å². The Bertz CT molecular complexity index is 580. The van der Waals surface area contributed by atoms with E-state index in [1.807, 2.05) is 12.1 Å². The summed E-state index contributed by atoms with van der Waals surface area (Å²) in [5, 5.41) is 4.78. The van der Waals surface area contributed by atoms with E-state index in [1.54, 1.807) is 7.11 Å². The van der Waals surface area contributed by atoms with Crippen LogP contribution in [0, 0.1) is 0 Å². The molecule has 1 N–H and O–H groups in total. The van der Waals surface area contributed by atoms with Gasteiger partial charge in [0.2, 0.25) is 0 Å². The normalized spacial score (nSPS) is 13.5. The molecular formula is C18H26N2O. The lowest BCUT2D eigenvalue weighted by Gasteiger charge is -2.34. The van der Waals surface area contributed by atoms with Gasteiger partial charge in [0.05, 0.1) is 11.1 Å². The third kappa shape index (κ3) is 4.02. The van der Waals surface area contributed by atoms with Crippen molar-refractivity contribution < 1.29 is 4.74 Å². The standard InChI is InChI=1S/C18H26N2O/c1-5-12-19-17(18(2,3)21-4)13-15-11-10-14-8-6-7-9-16(14)20-15/h6-11,17,19H,5,12-13H2,1-4H3. The van der Waals surface area contributed by atoms with Crippen molar-refractivity contribution in [2.45, 2.75) is 45.3 Å². The number of benzene rings is 1. The number of hydrogen-bond donors (Lipinski definition) is 1. The number of ether oxygens (including phenoxy) is 1. The molecule has 0 spiro atoms. The first-order valence-electron chi connectivity index (χ1n) is 7.70. The minimum absolute atomic E-state index is 0.220. The summed E-state index contributed by atoms with van der Waals surface area (Å²) in [6.45, 7) is 7.42. The lowest BCUT2D eigenvalue weighted by Crippen LogP contribution is -2.49. The second-order valence-electron chi connectivity index (χ2n) is 6.01. The number of aromatic nitrogens is 1. The van der Waals surface area contributed by atoms with Gasteiger partial charge in [0.25, 0.3) is 0 Å². The summed E-state index contributed by atoms with van der Waals surface area (Å²) in [6, 6.07) is 12.8. The molecule has 1 unspecified atom stereocenters. The maximum atomic E-state index is 5.67. The van der Waals surface area contributed by atoms with Gasteiger partial charge >= 0.3 is 0 Å². The van der Waals surface area contributed by atoms with Gasteiger partial charge < -0.3 is 10.1 Å². The fourth-order valence-corrected chi connectivity index (χ4v) is 2.46. The van der Waals surface area contributed by atoms with E-state index >= 15 is 0 Å². The number of methoxy groups -OCH3 is 1. The molecule has 1 atom stereocenters.